The van der Waals surface area contributed by atoms with Crippen LogP contribution in [-0.2, 0) is 11.2 Å². The molecule has 0 aliphatic carbocycles. The summed E-state index contributed by atoms with van der Waals surface area (Å²) in [4.78, 5) is 9.35. The van der Waals surface area contributed by atoms with Crippen LogP contribution in [0, 0.1) is 0 Å². The first-order valence-corrected chi connectivity index (χ1v) is 7.87. The maximum absolute atomic E-state index is 5.58. The van der Waals surface area contributed by atoms with E-state index >= 15 is 0 Å². The number of fused-ring (bicyclic) bond motifs is 1. The second kappa shape index (κ2) is 6.01. The summed E-state index contributed by atoms with van der Waals surface area (Å²) in [6.45, 7) is 1.53. The number of methoxy groups -OCH3 is 1. The minimum atomic E-state index is 0.315. The molecule has 0 radical (unpaired) electrons. The summed E-state index contributed by atoms with van der Waals surface area (Å²) in [6.07, 6.45) is 3.59. The molecule has 1 aromatic carbocycles. The summed E-state index contributed by atoms with van der Waals surface area (Å²) in [6, 6.07) is 12.4. The number of pyridine rings is 1. The molecular formula is C18H19N3O2. The van der Waals surface area contributed by atoms with Gasteiger partial charge in [0, 0.05) is 19.2 Å². The van der Waals surface area contributed by atoms with Crippen molar-refractivity contribution in [2.45, 2.75) is 18.9 Å². The van der Waals surface area contributed by atoms with E-state index in [1.807, 2.05) is 30.5 Å². The molecule has 0 bridgehead atoms. The standard InChI is InChI=1S/C18H19N3O2/c1-22-15-5-2-4-13(10-15)11-17-20-16-6-3-8-19-18(16)21(17)14-7-9-23-12-14/h2-6,8,10,14H,7,9,11-12H2,1H3. The molecule has 4 rings (SSSR count). The molecule has 1 aliphatic rings. The number of hydrogen-bond acceptors (Lipinski definition) is 4. The Morgan fingerprint density at radius 1 is 1.30 bits per heavy atom. The average Bonchev–Trinajstić information content (AvgIpc) is 3.21. The van der Waals surface area contributed by atoms with Gasteiger partial charge in [-0.25, -0.2) is 9.97 Å². The highest BCUT2D eigenvalue weighted by atomic mass is 16.5. The Kier molecular flexibility index (Phi) is 3.71. The van der Waals surface area contributed by atoms with Crippen molar-refractivity contribution in [2.24, 2.45) is 0 Å². The predicted molar refractivity (Wildman–Crippen MR) is 87.8 cm³/mol. The van der Waals surface area contributed by atoms with E-state index in [1.54, 1.807) is 7.11 Å². The second-order valence-corrected chi connectivity index (χ2v) is 5.79. The van der Waals surface area contributed by atoms with Gasteiger partial charge < -0.3 is 14.0 Å². The lowest BCUT2D eigenvalue weighted by Gasteiger charge is -2.14. The number of benzene rings is 1. The lowest BCUT2D eigenvalue weighted by Crippen LogP contribution is -2.13. The van der Waals surface area contributed by atoms with Crippen LogP contribution in [0.15, 0.2) is 42.6 Å². The van der Waals surface area contributed by atoms with Crippen molar-refractivity contribution in [1.82, 2.24) is 14.5 Å². The fourth-order valence-electron chi connectivity index (χ4n) is 3.18. The zero-order valence-corrected chi connectivity index (χ0v) is 13.1. The van der Waals surface area contributed by atoms with E-state index in [0.717, 1.165) is 48.8 Å². The van der Waals surface area contributed by atoms with E-state index in [2.05, 4.69) is 21.7 Å². The predicted octanol–water partition coefficient (Wildman–Crippen LogP) is 2.99. The third-order valence-corrected chi connectivity index (χ3v) is 4.29. The molecule has 3 aromatic rings. The van der Waals surface area contributed by atoms with Crippen LogP contribution in [-0.4, -0.2) is 34.9 Å². The summed E-state index contributed by atoms with van der Waals surface area (Å²) < 4.78 is 13.1. The highest BCUT2D eigenvalue weighted by Crippen LogP contribution is 2.27. The first-order valence-electron chi connectivity index (χ1n) is 7.87. The zero-order chi connectivity index (χ0) is 15.6. The molecule has 1 saturated heterocycles. The molecule has 23 heavy (non-hydrogen) atoms. The van der Waals surface area contributed by atoms with E-state index in [9.17, 15) is 0 Å². The smallest absolute Gasteiger partial charge is 0.160 e. The normalized spacial score (nSPS) is 17.7. The topological polar surface area (TPSA) is 49.2 Å². The van der Waals surface area contributed by atoms with Crippen LogP contribution in [0.4, 0.5) is 0 Å². The molecule has 1 unspecified atom stereocenters. The molecule has 118 valence electrons. The summed E-state index contributed by atoms with van der Waals surface area (Å²) >= 11 is 0. The quantitative estimate of drug-likeness (QED) is 0.743. The number of rotatable bonds is 4. The van der Waals surface area contributed by atoms with Crippen molar-refractivity contribution in [3.8, 4) is 5.75 Å². The minimum absolute atomic E-state index is 0.315. The van der Waals surface area contributed by atoms with Crippen molar-refractivity contribution in [3.63, 3.8) is 0 Å². The highest BCUT2D eigenvalue weighted by molar-refractivity contribution is 5.71. The number of hydrogen-bond donors (Lipinski definition) is 0. The average molecular weight is 309 g/mol. The van der Waals surface area contributed by atoms with Gasteiger partial charge >= 0.3 is 0 Å². The number of aromatic nitrogens is 3. The van der Waals surface area contributed by atoms with E-state index < -0.39 is 0 Å². The molecule has 0 spiro atoms. The maximum atomic E-state index is 5.58. The molecule has 5 heteroatoms. The van der Waals surface area contributed by atoms with Crippen LogP contribution in [0.1, 0.15) is 23.9 Å². The third kappa shape index (κ3) is 2.68. The fraction of sp³-hybridized carbons (Fsp3) is 0.333. The molecule has 0 saturated carbocycles. The van der Waals surface area contributed by atoms with Gasteiger partial charge in [0.25, 0.3) is 0 Å². The number of imidazole rings is 1. The van der Waals surface area contributed by atoms with Gasteiger partial charge in [-0.3, -0.25) is 0 Å². The van der Waals surface area contributed by atoms with Crippen LogP contribution >= 0.6 is 0 Å². The summed E-state index contributed by atoms with van der Waals surface area (Å²) in [5, 5.41) is 0. The van der Waals surface area contributed by atoms with Crippen LogP contribution in [0.2, 0.25) is 0 Å². The molecule has 5 nitrogen and oxygen atoms in total. The minimum Gasteiger partial charge on any atom is -0.497 e. The lowest BCUT2D eigenvalue weighted by molar-refractivity contribution is 0.186. The van der Waals surface area contributed by atoms with E-state index in [0.29, 0.717) is 6.04 Å². The second-order valence-electron chi connectivity index (χ2n) is 5.79. The number of ether oxygens (including phenoxy) is 2. The highest BCUT2D eigenvalue weighted by Gasteiger charge is 2.23. The largest absolute Gasteiger partial charge is 0.497 e. The van der Waals surface area contributed by atoms with Crippen molar-refractivity contribution >= 4 is 11.2 Å². The molecule has 3 heterocycles. The van der Waals surface area contributed by atoms with Gasteiger partial charge in [0.2, 0.25) is 0 Å². The summed E-state index contributed by atoms with van der Waals surface area (Å²) in [7, 11) is 1.69. The van der Waals surface area contributed by atoms with Gasteiger partial charge in [-0.15, -0.1) is 0 Å². The van der Waals surface area contributed by atoms with Gasteiger partial charge in [0.05, 0.1) is 19.8 Å². The summed E-state index contributed by atoms with van der Waals surface area (Å²) in [5.41, 5.74) is 3.07. The zero-order valence-electron chi connectivity index (χ0n) is 13.1. The number of nitrogens with zero attached hydrogens (tertiary/aromatic N) is 3. The van der Waals surface area contributed by atoms with Gasteiger partial charge in [0.1, 0.15) is 17.1 Å². The SMILES string of the molecule is COc1cccc(Cc2nc3cccnc3n2C2CCOC2)c1. The molecule has 1 fully saturated rings. The molecule has 2 aromatic heterocycles. The maximum Gasteiger partial charge on any atom is 0.160 e. The molecule has 0 amide bonds. The van der Waals surface area contributed by atoms with Gasteiger partial charge in [-0.2, -0.15) is 0 Å². The van der Waals surface area contributed by atoms with Crippen molar-refractivity contribution < 1.29 is 9.47 Å². The van der Waals surface area contributed by atoms with Crippen molar-refractivity contribution in [1.29, 1.82) is 0 Å². The van der Waals surface area contributed by atoms with Crippen LogP contribution in [0.3, 0.4) is 0 Å². The van der Waals surface area contributed by atoms with Crippen LogP contribution < -0.4 is 4.74 Å². The van der Waals surface area contributed by atoms with E-state index in [-0.39, 0.29) is 0 Å². The van der Waals surface area contributed by atoms with Gasteiger partial charge in [-0.1, -0.05) is 12.1 Å². The fourth-order valence-corrected chi connectivity index (χ4v) is 3.18. The monoisotopic (exact) mass is 309 g/mol. The lowest BCUT2D eigenvalue weighted by atomic mass is 10.1. The Morgan fingerprint density at radius 2 is 2.26 bits per heavy atom. The Morgan fingerprint density at radius 3 is 3.09 bits per heavy atom. The first kappa shape index (κ1) is 14.2. The molecule has 1 aliphatic heterocycles. The Hall–Kier alpha value is -2.40. The first-order chi connectivity index (χ1) is 11.3. The Bertz CT molecular complexity index is 822. The molecular weight excluding hydrogens is 290 g/mol. The van der Waals surface area contributed by atoms with Crippen molar-refractivity contribution in [2.75, 3.05) is 20.3 Å². The molecule has 1 atom stereocenters. The Labute approximate surface area is 134 Å². The Balaban J connectivity index is 1.77. The van der Waals surface area contributed by atoms with Crippen LogP contribution in [0.5, 0.6) is 5.75 Å². The van der Waals surface area contributed by atoms with Gasteiger partial charge in [-0.05, 0) is 36.2 Å². The van der Waals surface area contributed by atoms with E-state index in [1.165, 1.54) is 5.56 Å². The van der Waals surface area contributed by atoms with Crippen molar-refractivity contribution in [3.05, 3.63) is 54.0 Å². The van der Waals surface area contributed by atoms with E-state index in [4.69, 9.17) is 14.5 Å². The third-order valence-electron chi connectivity index (χ3n) is 4.29. The summed E-state index contributed by atoms with van der Waals surface area (Å²) in [5.74, 6) is 1.90. The van der Waals surface area contributed by atoms with Gasteiger partial charge in [0.15, 0.2) is 5.65 Å². The van der Waals surface area contributed by atoms with Crippen LogP contribution in [0.25, 0.3) is 11.2 Å². The molecule has 0 N–H and O–H groups in total.